The van der Waals surface area contributed by atoms with Crippen LogP contribution in [0, 0.1) is 0 Å². The van der Waals surface area contributed by atoms with E-state index in [0.717, 1.165) is 135 Å². The molecule has 424 valence electrons. The van der Waals surface area contributed by atoms with Crippen molar-refractivity contribution < 1.29 is 28.6 Å². The molecule has 0 fully saturated rings. The highest BCUT2D eigenvalue weighted by Gasteiger charge is 2.19. The number of hydrogen-bond donors (Lipinski definition) is 0. The van der Waals surface area contributed by atoms with Gasteiger partial charge in [0.2, 0.25) is 0 Å². The van der Waals surface area contributed by atoms with Crippen molar-refractivity contribution in [2.45, 2.75) is 303 Å². The molecule has 0 heterocycles. The molecule has 0 spiro atoms. The van der Waals surface area contributed by atoms with E-state index in [1.54, 1.807) is 0 Å². The van der Waals surface area contributed by atoms with Crippen LogP contribution in [0.2, 0.25) is 0 Å². The summed E-state index contributed by atoms with van der Waals surface area (Å²) in [6.45, 7) is 6.40. The van der Waals surface area contributed by atoms with Gasteiger partial charge in [0.05, 0.1) is 0 Å². The van der Waals surface area contributed by atoms with Crippen LogP contribution in [0.4, 0.5) is 0 Å². The third-order valence-electron chi connectivity index (χ3n) is 13.3. The van der Waals surface area contributed by atoms with Crippen LogP contribution in [0.3, 0.4) is 0 Å². The lowest BCUT2D eigenvalue weighted by Gasteiger charge is -2.18. The monoisotopic (exact) mass is 1030 g/mol. The van der Waals surface area contributed by atoms with Crippen molar-refractivity contribution >= 4 is 17.9 Å². The number of unbranched alkanes of at least 4 members (excludes halogenated alkanes) is 29. The van der Waals surface area contributed by atoms with Gasteiger partial charge in [-0.05, 0) is 96.3 Å². The highest BCUT2D eigenvalue weighted by atomic mass is 16.6. The minimum Gasteiger partial charge on any atom is -0.462 e. The lowest BCUT2D eigenvalue weighted by atomic mass is 10.0. The smallest absolute Gasteiger partial charge is 0.306 e. The normalized spacial score (nSPS) is 12.7. The van der Waals surface area contributed by atoms with Crippen LogP contribution in [0.5, 0.6) is 0 Å². The Balaban J connectivity index is 4.41. The summed E-state index contributed by atoms with van der Waals surface area (Å²) in [6, 6.07) is 0. The Kier molecular flexibility index (Phi) is 58.8. The van der Waals surface area contributed by atoms with Crippen molar-refractivity contribution in [2.75, 3.05) is 13.2 Å². The van der Waals surface area contributed by atoms with Crippen molar-refractivity contribution in [2.24, 2.45) is 0 Å². The molecule has 0 aliphatic heterocycles. The van der Waals surface area contributed by atoms with Crippen molar-refractivity contribution in [1.82, 2.24) is 0 Å². The maximum Gasteiger partial charge on any atom is 0.306 e. The summed E-state index contributed by atoms with van der Waals surface area (Å²) in [6.07, 6.45) is 82.7. The van der Waals surface area contributed by atoms with E-state index < -0.39 is 6.10 Å². The van der Waals surface area contributed by atoms with E-state index in [0.29, 0.717) is 19.3 Å². The largest absolute Gasteiger partial charge is 0.462 e. The standard InChI is InChI=1S/C68H116O6/c1-4-7-10-13-16-19-22-25-28-31-32-33-34-35-38-40-43-46-49-52-55-58-61-67(70)73-64-65(74-68(71)62-59-56-53-50-47-44-41-37-30-27-24-21-18-15-12-9-6-3)63-72-66(69)60-57-54-51-48-45-42-39-36-29-26-23-20-17-14-11-8-5-2/h8-9,11-12,17-18,20-21,26-27,29-30,39,41-42,44,65H,4-7,10,13-16,19,22-25,28,31-38,40,43,45-64H2,1-3H3/b11-8-,12-9-,20-17-,21-18-,29-26-,30-27-,42-39-,44-41-. The average Bonchev–Trinajstić information content (AvgIpc) is 3.40. The molecular weight excluding hydrogens is 913 g/mol. The number of esters is 3. The average molecular weight is 1030 g/mol. The van der Waals surface area contributed by atoms with Gasteiger partial charge >= 0.3 is 17.9 Å². The number of rotatable bonds is 56. The molecule has 0 amide bonds. The number of allylic oxidation sites excluding steroid dienone is 16. The van der Waals surface area contributed by atoms with E-state index in [-0.39, 0.29) is 31.1 Å². The molecule has 0 aromatic rings. The molecule has 0 aromatic heterocycles. The Labute approximate surface area is 457 Å². The fraction of sp³-hybridized carbons (Fsp3) is 0.721. The van der Waals surface area contributed by atoms with Crippen LogP contribution in [-0.4, -0.2) is 37.2 Å². The van der Waals surface area contributed by atoms with Gasteiger partial charge in [-0.1, -0.05) is 279 Å². The van der Waals surface area contributed by atoms with Crippen molar-refractivity contribution in [1.29, 1.82) is 0 Å². The van der Waals surface area contributed by atoms with Crippen molar-refractivity contribution in [3.63, 3.8) is 0 Å². The minimum absolute atomic E-state index is 0.0939. The van der Waals surface area contributed by atoms with Gasteiger partial charge in [0.15, 0.2) is 6.10 Å². The van der Waals surface area contributed by atoms with Gasteiger partial charge < -0.3 is 14.2 Å². The van der Waals surface area contributed by atoms with Crippen LogP contribution in [-0.2, 0) is 28.6 Å². The predicted molar refractivity (Wildman–Crippen MR) is 320 cm³/mol. The molecule has 6 heteroatoms. The van der Waals surface area contributed by atoms with Gasteiger partial charge in [0.25, 0.3) is 0 Å². The second-order valence-electron chi connectivity index (χ2n) is 20.6. The first-order valence-corrected chi connectivity index (χ1v) is 31.2. The SMILES string of the molecule is CC/C=C\C/C=C\C/C=C\C/C=C\CCCCCCC(=O)OCC(COC(=O)CCCCCCCCCCCCCCCCCCCCCCCC)OC(=O)CCCCCC/C=C\C/C=C\C/C=C\C/C=C\CC. The van der Waals surface area contributed by atoms with Gasteiger partial charge in [0, 0.05) is 19.3 Å². The zero-order chi connectivity index (χ0) is 53.6. The molecule has 1 unspecified atom stereocenters. The summed E-state index contributed by atoms with van der Waals surface area (Å²) in [4.78, 5) is 38.3. The molecule has 0 N–H and O–H groups in total. The molecule has 0 saturated heterocycles. The fourth-order valence-corrected chi connectivity index (χ4v) is 8.72. The van der Waals surface area contributed by atoms with Crippen LogP contribution in [0.25, 0.3) is 0 Å². The summed E-state index contributed by atoms with van der Waals surface area (Å²) in [5.74, 6) is -0.933. The molecule has 0 aliphatic carbocycles. The number of carbonyl (C=O) groups excluding carboxylic acids is 3. The molecule has 0 bridgehead atoms. The first kappa shape index (κ1) is 70.3. The van der Waals surface area contributed by atoms with E-state index in [9.17, 15) is 14.4 Å². The molecule has 74 heavy (non-hydrogen) atoms. The maximum atomic E-state index is 12.9. The second kappa shape index (κ2) is 61.9. The van der Waals surface area contributed by atoms with Crippen LogP contribution in [0.1, 0.15) is 297 Å². The Hall–Kier alpha value is -3.67. The van der Waals surface area contributed by atoms with Crippen LogP contribution < -0.4 is 0 Å². The van der Waals surface area contributed by atoms with E-state index >= 15 is 0 Å². The van der Waals surface area contributed by atoms with Gasteiger partial charge in [-0.2, -0.15) is 0 Å². The summed E-state index contributed by atoms with van der Waals surface area (Å²) < 4.78 is 16.9. The minimum atomic E-state index is -0.802. The molecule has 0 saturated carbocycles. The number of carbonyl (C=O) groups is 3. The van der Waals surface area contributed by atoms with Crippen molar-refractivity contribution in [3.05, 3.63) is 97.2 Å². The van der Waals surface area contributed by atoms with Gasteiger partial charge in [-0.25, -0.2) is 0 Å². The van der Waals surface area contributed by atoms with E-state index in [1.807, 2.05) is 0 Å². The molecule has 0 rings (SSSR count). The molecular formula is C68H116O6. The summed E-state index contributed by atoms with van der Waals surface area (Å²) in [7, 11) is 0. The second-order valence-corrected chi connectivity index (χ2v) is 20.6. The van der Waals surface area contributed by atoms with Gasteiger partial charge in [-0.15, -0.1) is 0 Å². The Morgan fingerprint density at radius 1 is 0.284 bits per heavy atom. The first-order valence-electron chi connectivity index (χ1n) is 31.2. The van der Waals surface area contributed by atoms with Gasteiger partial charge in [0.1, 0.15) is 13.2 Å². The first-order chi connectivity index (χ1) is 36.5. The quantitative estimate of drug-likeness (QED) is 0.0261. The molecule has 0 aliphatic rings. The maximum absolute atomic E-state index is 12.9. The molecule has 6 nitrogen and oxygen atoms in total. The third-order valence-corrected chi connectivity index (χ3v) is 13.3. The highest BCUT2D eigenvalue weighted by Crippen LogP contribution is 2.17. The fourth-order valence-electron chi connectivity index (χ4n) is 8.72. The summed E-state index contributed by atoms with van der Waals surface area (Å²) >= 11 is 0. The summed E-state index contributed by atoms with van der Waals surface area (Å²) in [5.41, 5.74) is 0. The van der Waals surface area contributed by atoms with Crippen LogP contribution in [0.15, 0.2) is 97.2 Å². The third kappa shape index (κ3) is 59.2. The van der Waals surface area contributed by atoms with E-state index in [4.69, 9.17) is 14.2 Å². The zero-order valence-corrected chi connectivity index (χ0v) is 48.6. The lowest BCUT2D eigenvalue weighted by Crippen LogP contribution is -2.30. The lowest BCUT2D eigenvalue weighted by molar-refractivity contribution is -0.167. The van der Waals surface area contributed by atoms with Crippen molar-refractivity contribution in [3.8, 4) is 0 Å². The molecule has 0 radical (unpaired) electrons. The number of ether oxygens (including phenoxy) is 3. The number of hydrogen-bond acceptors (Lipinski definition) is 6. The Bertz CT molecular complexity index is 1460. The van der Waals surface area contributed by atoms with Crippen LogP contribution >= 0.6 is 0 Å². The summed E-state index contributed by atoms with van der Waals surface area (Å²) in [5, 5.41) is 0. The van der Waals surface area contributed by atoms with E-state index in [1.165, 1.54) is 122 Å². The molecule has 1 atom stereocenters. The zero-order valence-electron chi connectivity index (χ0n) is 48.6. The predicted octanol–water partition coefficient (Wildman–Crippen LogP) is 21.3. The topological polar surface area (TPSA) is 78.9 Å². The van der Waals surface area contributed by atoms with Gasteiger partial charge in [-0.3, -0.25) is 14.4 Å². The van der Waals surface area contributed by atoms with E-state index in [2.05, 4.69) is 118 Å². The molecule has 0 aromatic carbocycles. The highest BCUT2D eigenvalue weighted by molar-refractivity contribution is 5.71. The Morgan fingerprint density at radius 2 is 0.527 bits per heavy atom. The Morgan fingerprint density at radius 3 is 0.824 bits per heavy atom.